The molecule has 0 saturated carbocycles. The van der Waals surface area contributed by atoms with Crippen LogP contribution < -0.4 is 4.74 Å². The third-order valence-electron chi connectivity index (χ3n) is 6.64. The number of hydrogen-bond donors (Lipinski definition) is 0. The number of hydrogen-bond acceptors (Lipinski definition) is 2. The molecule has 2 aromatic carbocycles. The van der Waals surface area contributed by atoms with Gasteiger partial charge in [0.05, 0.1) is 0 Å². The number of carbonyl (C=O) groups excluding carboxylic acids is 1. The maximum absolute atomic E-state index is 12.2. The summed E-state index contributed by atoms with van der Waals surface area (Å²) >= 11 is 0. The van der Waals surface area contributed by atoms with Crippen molar-refractivity contribution >= 4 is 13.9 Å². The number of fused-ring (bicyclic) bond motifs is 4. The number of ether oxygens (including phenoxy) is 1. The van der Waals surface area contributed by atoms with Crippen molar-refractivity contribution in [2.45, 2.75) is 64.8 Å². The second-order valence-corrected chi connectivity index (χ2v) is 13.0. The van der Waals surface area contributed by atoms with Gasteiger partial charge >= 0.3 is 0 Å². The van der Waals surface area contributed by atoms with Crippen LogP contribution in [0.1, 0.15) is 60.7 Å². The molecule has 0 N–H and O–H groups in total. The Labute approximate surface area is 169 Å². The number of ketones is 1. The Morgan fingerprint density at radius 2 is 1.71 bits per heavy atom. The molecule has 0 saturated heterocycles. The van der Waals surface area contributed by atoms with Crippen LogP contribution in [0.25, 0.3) is 11.1 Å². The fourth-order valence-electron chi connectivity index (χ4n) is 4.42. The Morgan fingerprint density at radius 1 is 0.929 bits per heavy atom. The maximum Gasteiger partial charge on any atom is 0.163 e. The highest BCUT2D eigenvalue weighted by Crippen LogP contribution is 2.41. The Morgan fingerprint density at radius 3 is 2.46 bits per heavy atom. The van der Waals surface area contributed by atoms with Gasteiger partial charge in [0.2, 0.25) is 0 Å². The van der Waals surface area contributed by atoms with Gasteiger partial charge in [-0.25, -0.2) is 0 Å². The molecule has 2 aromatic rings. The smallest absolute Gasteiger partial charge is 0.163 e. The van der Waals surface area contributed by atoms with Crippen molar-refractivity contribution in [2.75, 3.05) is 0 Å². The third-order valence-corrected chi connectivity index (χ3v) is 11.4. The average molecular weight is 389 g/mol. The van der Waals surface area contributed by atoms with Crippen LogP contribution >= 0.6 is 0 Å². The van der Waals surface area contributed by atoms with Crippen LogP contribution in [-0.4, -0.2) is 13.9 Å². The average Bonchev–Trinajstić information content (AvgIpc) is 2.74. The number of carbonyl (C=O) groups is 1. The summed E-state index contributed by atoms with van der Waals surface area (Å²) in [6.07, 6.45) is 2.58. The Balaban J connectivity index is 1.71. The topological polar surface area (TPSA) is 26.3 Å². The monoisotopic (exact) mass is 388 g/mol. The second-order valence-electron chi connectivity index (χ2n) is 8.03. The van der Waals surface area contributed by atoms with Crippen LogP contribution in [0.3, 0.4) is 0 Å². The summed E-state index contributed by atoms with van der Waals surface area (Å²) in [6, 6.07) is 14.3. The van der Waals surface area contributed by atoms with E-state index in [2.05, 4.69) is 56.5 Å². The quantitative estimate of drug-likeness (QED) is 0.465. The van der Waals surface area contributed by atoms with Crippen molar-refractivity contribution in [2.24, 2.45) is 0 Å². The molecule has 1 heterocycles. The zero-order chi connectivity index (χ0) is 19.7. The number of benzene rings is 2. The number of rotatable bonds is 3. The van der Waals surface area contributed by atoms with Gasteiger partial charge in [-0.3, -0.25) is 4.79 Å². The molecule has 0 bridgehead atoms. The van der Waals surface area contributed by atoms with Gasteiger partial charge in [0, 0.05) is 23.1 Å². The van der Waals surface area contributed by atoms with Gasteiger partial charge < -0.3 is 4.74 Å². The summed E-state index contributed by atoms with van der Waals surface area (Å²) in [4.78, 5) is 12.2. The summed E-state index contributed by atoms with van der Waals surface area (Å²) in [5.41, 5.74) is 10.3. The molecule has 144 valence electrons. The Bertz CT molecular complexity index is 981. The molecule has 2 nitrogen and oxygen atoms in total. The molecule has 0 fully saturated rings. The summed E-state index contributed by atoms with van der Waals surface area (Å²) in [5, 5.41) is 0. The third kappa shape index (κ3) is 3.31. The lowest BCUT2D eigenvalue weighted by Gasteiger charge is -2.24. The predicted octanol–water partition coefficient (Wildman–Crippen LogP) is 6.16. The fourth-order valence-corrected chi connectivity index (χ4v) is 6.86. The summed E-state index contributed by atoms with van der Waals surface area (Å²) in [6.45, 7) is 7.41. The first-order chi connectivity index (χ1) is 13.6. The van der Waals surface area contributed by atoms with Crippen molar-refractivity contribution in [3.05, 3.63) is 52.6 Å². The Kier molecular flexibility index (Phi) is 5.16. The molecular weight excluding hydrogens is 360 g/mol. The molecular formula is C25H28O2Si. The second kappa shape index (κ2) is 7.60. The lowest BCUT2D eigenvalue weighted by atomic mass is 9.86. The summed E-state index contributed by atoms with van der Waals surface area (Å²) in [5.74, 6) is 4.57. The van der Waals surface area contributed by atoms with Crippen molar-refractivity contribution in [1.82, 2.24) is 0 Å². The first-order valence-electron chi connectivity index (χ1n) is 10.6. The standard InChI is InChI=1S/C25H28O2Si/c1-4-28(5-2,6-3)13-12-18-10-11-21-20(14-18)17-27-25-16-22-19(15-23(21)25)8-7-9-24(22)26/h10-11,14-16H,4-9,17H2,1-3H3. The Hall–Kier alpha value is -2.31. The minimum Gasteiger partial charge on any atom is -0.488 e. The van der Waals surface area contributed by atoms with Gasteiger partial charge in [-0.05, 0) is 71.9 Å². The molecule has 1 aliphatic heterocycles. The van der Waals surface area contributed by atoms with Gasteiger partial charge in [-0.2, -0.15) is 0 Å². The van der Waals surface area contributed by atoms with E-state index in [4.69, 9.17) is 4.74 Å². The van der Waals surface area contributed by atoms with Crippen molar-refractivity contribution < 1.29 is 9.53 Å². The maximum atomic E-state index is 12.2. The van der Waals surface area contributed by atoms with Gasteiger partial charge in [0.1, 0.15) is 20.4 Å². The van der Waals surface area contributed by atoms with Gasteiger partial charge in [-0.15, -0.1) is 5.54 Å². The lowest BCUT2D eigenvalue weighted by Crippen LogP contribution is -2.29. The van der Waals surface area contributed by atoms with Crippen molar-refractivity contribution in [1.29, 1.82) is 0 Å². The van der Waals surface area contributed by atoms with Crippen LogP contribution in [0.5, 0.6) is 5.75 Å². The van der Waals surface area contributed by atoms with E-state index in [0.29, 0.717) is 13.0 Å². The van der Waals surface area contributed by atoms with E-state index in [1.165, 1.54) is 34.8 Å². The van der Waals surface area contributed by atoms with Gasteiger partial charge in [0.25, 0.3) is 0 Å². The summed E-state index contributed by atoms with van der Waals surface area (Å²) < 4.78 is 6.04. The molecule has 2 aliphatic rings. The van der Waals surface area contributed by atoms with Crippen molar-refractivity contribution in [3.63, 3.8) is 0 Å². The normalized spacial score (nSPS) is 14.9. The molecule has 0 atom stereocenters. The van der Waals surface area contributed by atoms with E-state index in [1.54, 1.807) is 0 Å². The van der Waals surface area contributed by atoms with E-state index in [0.717, 1.165) is 35.3 Å². The lowest BCUT2D eigenvalue weighted by molar-refractivity contribution is 0.0972. The number of aryl methyl sites for hydroxylation is 1. The molecule has 4 rings (SSSR count). The minimum atomic E-state index is -1.44. The highest BCUT2D eigenvalue weighted by Gasteiger charge is 2.25. The van der Waals surface area contributed by atoms with E-state index in [9.17, 15) is 4.79 Å². The zero-order valence-electron chi connectivity index (χ0n) is 17.2. The molecule has 0 amide bonds. The molecule has 3 heteroatoms. The predicted molar refractivity (Wildman–Crippen MR) is 118 cm³/mol. The molecule has 0 aromatic heterocycles. The van der Waals surface area contributed by atoms with Crippen molar-refractivity contribution in [3.8, 4) is 28.3 Å². The highest BCUT2D eigenvalue weighted by atomic mass is 28.3. The van der Waals surface area contributed by atoms with E-state index in [-0.39, 0.29) is 5.78 Å². The van der Waals surface area contributed by atoms with Gasteiger partial charge in [0.15, 0.2) is 5.78 Å². The van der Waals surface area contributed by atoms with Crippen LogP contribution in [0.4, 0.5) is 0 Å². The van der Waals surface area contributed by atoms with Crippen LogP contribution in [-0.2, 0) is 13.0 Å². The van der Waals surface area contributed by atoms with Crippen LogP contribution in [0, 0.1) is 11.5 Å². The number of Topliss-reactive ketones (excluding diaryl/α,β-unsaturated/α-hetero) is 1. The molecule has 0 radical (unpaired) electrons. The molecule has 0 unspecified atom stereocenters. The molecule has 0 spiro atoms. The van der Waals surface area contributed by atoms with E-state index < -0.39 is 8.07 Å². The largest absolute Gasteiger partial charge is 0.488 e. The highest BCUT2D eigenvalue weighted by molar-refractivity contribution is 6.87. The first kappa shape index (κ1) is 19.0. The van der Waals surface area contributed by atoms with Gasteiger partial charge in [-0.1, -0.05) is 32.8 Å². The fraction of sp³-hybridized carbons (Fsp3) is 0.400. The minimum absolute atomic E-state index is 0.250. The van der Waals surface area contributed by atoms with Crippen LogP contribution in [0.15, 0.2) is 30.3 Å². The first-order valence-corrected chi connectivity index (χ1v) is 13.2. The molecule has 1 aliphatic carbocycles. The SMILES string of the molecule is CC[Si](C#Cc1ccc2c(c1)COc1cc3c(cc1-2)CCCC3=O)(CC)CC. The van der Waals surface area contributed by atoms with E-state index >= 15 is 0 Å². The van der Waals surface area contributed by atoms with E-state index in [1.807, 2.05) is 6.07 Å². The molecule has 28 heavy (non-hydrogen) atoms. The van der Waals surface area contributed by atoms with Crippen LogP contribution in [0.2, 0.25) is 18.1 Å². The summed E-state index contributed by atoms with van der Waals surface area (Å²) in [7, 11) is -1.44. The zero-order valence-corrected chi connectivity index (χ0v) is 18.2.